The number of benzene rings is 2. The first-order chi connectivity index (χ1) is 10.2. The van der Waals surface area contributed by atoms with Gasteiger partial charge in [-0.15, -0.1) is 0 Å². The maximum Gasteiger partial charge on any atom is 0.171 e. The highest BCUT2D eigenvalue weighted by atomic mass is 35.5. The van der Waals surface area contributed by atoms with E-state index in [1.807, 2.05) is 42.5 Å². The van der Waals surface area contributed by atoms with Gasteiger partial charge in [-0.25, -0.2) is 0 Å². The molecule has 1 saturated carbocycles. The number of hydrogen-bond donors (Lipinski definition) is 2. The van der Waals surface area contributed by atoms with Crippen LogP contribution in [-0.2, 0) is 0 Å². The lowest BCUT2D eigenvalue weighted by Gasteiger charge is -2.13. The molecule has 0 saturated heterocycles. The van der Waals surface area contributed by atoms with E-state index in [-0.39, 0.29) is 0 Å². The average molecular weight is 335 g/mol. The normalized spacial score (nSPS) is 13.8. The number of rotatable bonds is 4. The van der Waals surface area contributed by atoms with Gasteiger partial charge in [0.2, 0.25) is 0 Å². The fourth-order valence-corrected chi connectivity index (χ4v) is 3.16. The number of para-hydroxylation sites is 1. The van der Waals surface area contributed by atoms with Crippen LogP contribution in [0.25, 0.3) is 0 Å². The molecule has 2 N–H and O–H groups in total. The molecular formula is C16H15ClN2S2. The standard InChI is InChI=1S/C16H15ClN2S2/c17-11-5-9-13(10-6-11)21-15-4-2-1-3-14(15)19-16(20)18-12-7-8-12/h1-6,9-10,12H,7-8H2,(H2,18,19,20). The van der Waals surface area contributed by atoms with Crippen molar-refractivity contribution in [3.05, 3.63) is 53.6 Å². The van der Waals surface area contributed by atoms with Crippen LogP contribution in [0.15, 0.2) is 58.3 Å². The van der Waals surface area contributed by atoms with Crippen LogP contribution in [0.3, 0.4) is 0 Å². The molecule has 0 aromatic heterocycles. The summed E-state index contributed by atoms with van der Waals surface area (Å²) >= 11 is 13.0. The predicted octanol–water partition coefficient (Wildman–Crippen LogP) is 4.94. The van der Waals surface area contributed by atoms with E-state index in [0.29, 0.717) is 11.2 Å². The van der Waals surface area contributed by atoms with Crippen LogP contribution in [0.2, 0.25) is 5.02 Å². The lowest BCUT2D eigenvalue weighted by Crippen LogP contribution is -2.30. The van der Waals surface area contributed by atoms with E-state index in [9.17, 15) is 0 Å². The predicted molar refractivity (Wildman–Crippen MR) is 94.4 cm³/mol. The van der Waals surface area contributed by atoms with Gasteiger partial charge in [0.1, 0.15) is 0 Å². The van der Waals surface area contributed by atoms with E-state index < -0.39 is 0 Å². The Labute approximate surface area is 139 Å². The van der Waals surface area contributed by atoms with Crippen molar-refractivity contribution in [2.24, 2.45) is 0 Å². The van der Waals surface area contributed by atoms with Crippen molar-refractivity contribution in [1.82, 2.24) is 5.32 Å². The second kappa shape index (κ2) is 6.69. The Kier molecular flexibility index (Phi) is 4.68. The number of thiocarbonyl (C=S) groups is 1. The van der Waals surface area contributed by atoms with Crippen molar-refractivity contribution in [3.63, 3.8) is 0 Å². The summed E-state index contributed by atoms with van der Waals surface area (Å²) in [6.07, 6.45) is 2.42. The van der Waals surface area contributed by atoms with Crippen LogP contribution in [0.4, 0.5) is 5.69 Å². The zero-order valence-corrected chi connectivity index (χ0v) is 13.7. The van der Waals surface area contributed by atoms with Gasteiger partial charge < -0.3 is 10.6 Å². The third kappa shape index (κ3) is 4.37. The molecule has 0 spiro atoms. The molecule has 1 aliphatic carbocycles. The summed E-state index contributed by atoms with van der Waals surface area (Å²) in [6.45, 7) is 0. The van der Waals surface area contributed by atoms with Crippen LogP contribution in [-0.4, -0.2) is 11.2 Å². The monoisotopic (exact) mass is 334 g/mol. The molecule has 108 valence electrons. The molecule has 5 heteroatoms. The van der Waals surface area contributed by atoms with Crippen LogP contribution in [0, 0.1) is 0 Å². The first kappa shape index (κ1) is 14.7. The summed E-state index contributed by atoms with van der Waals surface area (Å²) in [5, 5.41) is 8.03. The topological polar surface area (TPSA) is 24.1 Å². The van der Waals surface area contributed by atoms with Gasteiger partial charge in [0.25, 0.3) is 0 Å². The molecule has 3 rings (SSSR count). The summed E-state index contributed by atoms with van der Waals surface area (Å²) < 4.78 is 0. The van der Waals surface area contributed by atoms with Crippen molar-refractivity contribution in [2.75, 3.05) is 5.32 Å². The Morgan fingerprint density at radius 2 is 1.81 bits per heavy atom. The molecule has 0 bridgehead atoms. The average Bonchev–Trinajstić information content (AvgIpc) is 3.27. The van der Waals surface area contributed by atoms with E-state index in [1.165, 1.54) is 12.8 Å². The molecule has 1 fully saturated rings. The molecule has 0 radical (unpaired) electrons. The first-order valence-electron chi connectivity index (χ1n) is 6.81. The lowest BCUT2D eigenvalue weighted by molar-refractivity contribution is 0.919. The van der Waals surface area contributed by atoms with Gasteiger partial charge in [0.05, 0.1) is 5.69 Å². The highest BCUT2D eigenvalue weighted by Gasteiger charge is 2.21. The smallest absolute Gasteiger partial charge is 0.171 e. The molecular weight excluding hydrogens is 320 g/mol. The number of halogens is 1. The Morgan fingerprint density at radius 3 is 2.52 bits per heavy atom. The third-order valence-electron chi connectivity index (χ3n) is 3.09. The largest absolute Gasteiger partial charge is 0.360 e. The molecule has 1 aliphatic rings. The van der Waals surface area contributed by atoms with Crippen LogP contribution < -0.4 is 10.6 Å². The van der Waals surface area contributed by atoms with Gasteiger partial charge >= 0.3 is 0 Å². The van der Waals surface area contributed by atoms with Gasteiger partial charge in [-0.2, -0.15) is 0 Å². The maximum absolute atomic E-state index is 5.92. The van der Waals surface area contributed by atoms with E-state index in [0.717, 1.165) is 20.5 Å². The summed E-state index contributed by atoms with van der Waals surface area (Å²) in [6, 6.07) is 16.6. The maximum atomic E-state index is 5.92. The fraction of sp³-hybridized carbons (Fsp3) is 0.188. The molecule has 2 aromatic carbocycles. The van der Waals surface area contributed by atoms with E-state index in [2.05, 4.69) is 16.7 Å². The quantitative estimate of drug-likeness (QED) is 0.773. The number of nitrogens with one attached hydrogen (secondary N) is 2. The minimum atomic E-state index is 0.557. The van der Waals surface area contributed by atoms with E-state index >= 15 is 0 Å². The highest BCUT2D eigenvalue weighted by Crippen LogP contribution is 2.34. The Morgan fingerprint density at radius 1 is 1.10 bits per heavy atom. The molecule has 21 heavy (non-hydrogen) atoms. The second-order valence-corrected chi connectivity index (χ2v) is 6.88. The van der Waals surface area contributed by atoms with Gasteiger partial charge in [-0.3, -0.25) is 0 Å². The van der Waals surface area contributed by atoms with Crippen molar-refractivity contribution in [1.29, 1.82) is 0 Å². The Balaban J connectivity index is 1.72. The van der Waals surface area contributed by atoms with E-state index in [4.69, 9.17) is 23.8 Å². The molecule has 0 heterocycles. The van der Waals surface area contributed by atoms with Gasteiger partial charge in [0, 0.05) is 20.9 Å². The minimum absolute atomic E-state index is 0.557. The van der Waals surface area contributed by atoms with Gasteiger partial charge in [0.15, 0.2) is 5.11 Å². The van der Waals surface area contributed by atoms with Gasteiger partial charge in [-0.1, -0.05) is 35.5 Å². The van der Waals surface area contributed by atoms with Crippen molar-refractivity contribution >= 4 is 46.4 Å². The zero-order chi connectivity index (χ0) is 14.7. The molecule has 2 aromatic rings. The zero-order valence-electron chi connectivity index (χ0n) is 11.3. The molecule has 2 nitrogen and oxygen atoms in total. The van der Waals surface area contributed by atoms with Crippen LogP contribution >= 0.6 is 35.6 Å². The molecule has 0 unspecified atom stereocenters. The molecule has 0 amide bonds. The van der Waals surface area contributed by atoms with Crippen LogP contribution in [0.1, 0.15) is 12.8 Å². The SMILES string of the molecule is S=C(Nc1ccccc1Sc1ccc(Cl)cc1)NC1CC1. The Hall–Kier alpha value is -1.23. The summed E-state index contributed by atoms with van der Waals surface area (Å²) in [5.41, 5.74) is 1.02. The van der Waals surface area contributed by atoms with Crippen molar-refractivity contribution in [3.8, 4) is 0 Å². The minimum Gasteiger partial charge on any atom is -0.360 e. The summed E-state index contributed by atoms with van der Waals surface area (Å²) in [7, 11) is 0. The summed E-state index contributed by atoms with van der Waals surface area (Å²) in [4.78, 5) is 2.29. The number of anilines is 1. The van der Waals surface area contributed by atoms with Crippen molar-refractivity contribution in [2.45, 2.75) is 28.7 Å². The molecule has 0 aliphatic heterocycles. The van der Waals surface area contributed by atoms with Crippen molar-refractivity contribution < 1.29 is 0 Å². The highest BCUT2D eigenvalue weighted by molar-refractivity contribution is 7.99. The first-order valence-corrected chi connectivity index (χ1v) is 8.41. The summed E-state index contributed by atoms with van der Waals surface area (Å²) in [5.74, 6) is 0. The number of hydrogen-bond acceptors (Lipinski definition) is 2. The Bertz CT molecular complexity index is 639. The second-order valence-electron chi connectivity index (χ2n) is 4.92. The lowest BCUT2D eigenvalue weighted by atomic mass is 10.3. The fourth-order valence-electron chi connectivity index (χ4n) is 1.86. The van der Waals surface area contributed by atoms with E-state index in [1.54, 1.807) is 11.8 Å². The van der Waals surface area contributed by atoms with Gasteiger partial charge in [-0.05, 0) is 61.5 Å². The third-order valence-corrected chi connectivity index (χ3v) is 4.64. The molecule has 0 atom stereocenters. The van der Waals surface area contributed by atoms with Crippen LogP contribution in [0.5, 0.6) is 0 Å².